The van der Waals surface area contributed by atoms with E-state index in [1.165, 1.54) is 32.1 Å². The number of hydrogen-bond acceptors (Lipinski definition) is 3. The lowest BCUT2D eigenvalue weighted by molar-refractivity contribution is 0.242. The minimum Gasteiger partial charge on any atom is -0.491 e. The SMILES string of the molecule is CC(C)Oc1cccc(/C=N/NC(=S)NC2CCCCC2)c1. The Morgan fingerprint density at radius 2 is 2.09 bits per heavy atom. The summed E-state index contributed by atoms with van der Waals surface area (Å²) in [6.45, 7) is 4.02. The van der Waals surface area contributed by atoms with Gasteiger partial charge in [0.1, 0.15) is 5.75 Å². The third-order valence-corrected chi connectivity index (χ3v) is 3.76. The highest BCUT2D eigenvalue weighted by atomic mass is 32.1. The molecule has 1 aliphatic rings. The average Bonchev–Trinajstić information content (AvgIpc) is 2.48. The van der Waals surface area contributed by atoms with Crippen LogP contribution in [0.1, 0.15) is 51.5 Å². The van der Waals surface area contributed by atoms with Gasteiger partial charge in [0.05, 0.1) is 12.3 Å². The number of nitrogens with zero attached hydrogens (tertiary/aromatic N) is 1. The summed E-state index contributed by atoms with van der Waals surface area (Å²) < 4.78 is 5.66. The summed E-state index contributed by atoms with van der Waals surface area (Å²) in [6, 6.07) is 8.34. The van der Waals surface area contributed by atoms with E-state index >= 15 is 0 Å². The van der Waals surface area contributed by atoms with E-state index in [2.05, 4.69) is 15.8 Å². The highest BCUT2D eigenvalue weighted by Crippen LogP contribution is 2.17. The van der Waals surface area contributed by atoms with Gasteiger partial charge in [0, 0.05) is 6.04 Å². The summed E-state index contributed by atoms with van der Waals surface area (Å²) in [5, 5.41) is 8.11. The van der Waals surface area contributed by atoms with Crippen molar-refractivity contribution in [3.8, 4) is 5.75 Å². The van der Waals surface area contributed by atoms with E-state index in [0.717, 1.165) is 11.3 Å². The molecule has 0 atom stereocenters. The van der Waals surface area contributed by atoms with Gasteiger partial charge in [-0.15, -0.1) is 0 Å². The molecule has 0 saturated heterocycles. The third kappa shape index (κ3) is 6.02. The number of nitrogens with one attached hydrogen (secondary N) is 2. The van der Waals surface area contributed by atoms with Gasteiger partial charge in [0.2, 0.25) is 0 Å². The molecule has 1 aromatic carbocycles. The van der Waals surface area contributed by atoms with Crippen molar-refractivity contribution in [3.05, 3.63) is 29.8 Å². The van der Waals surface area contributed by atoms with Gasteiger partial charge >= 0.3 is 0 Å². The predicted molar refractivity (Wildman–Crippen MR) is 95.5 cm³/mol. The molecule has 0 aromatic heterocycles. The van der Waals surface area contributed by atoms with Crippen LogP contribution in [0.3, 0.4) is 0 Å². The molecule has 1 aliphatic carbocycles. The lowest BCUT2D eigenvalue weighted by Crippen LogP contribution is -2.40. The molecule has 0 bridgehead atoms. The fraction of sp³-hybridized carbons (Fsp3) is 0.529. The number of hydrogen-bond donors (Lipinski definition) is 2. The van der Waals surface area contributed by atoms with Crippen molar-refractivity contribution in [2.24, 2.45) is 5.10 Å². The van der Waals surface area contributed by atoms with E-state index in [9.17, 15) is 0 Å². The van der Waals surface area contributed by atoms with Crippen LogP contribution < -0.4 is 15.5 Å². The first kappa shape index (κ1) is 16.7. The summed E-state index contributed by atoms with van der Waals surface area (Å²) in [5.41, 5.74) is 3.87. The van der Waals surface area contributed by atoms with Crippen molar-refractivity contribution >= 4 is 23.5 Å². The standard InChI is InChI=1S/C17H25N3OS/c1-13(2)21-16-10-6-7-14(11-16)12-18-20-17(22)19-15-8-4-3-5-9-15/h6-7,10-13,15H,3-5,8-9H2,1-2H3,(H2,19,20,22)/b18-12+. The largest absolute Gasteiger partial charge is 0.491 e. The van der Waals surface area contributed by atoms with Crippen molar-refractivity contribution in [3.63, 3.8) is 0 Å². The smallest absolute Gasteiger partial charge is 0.187 e. The van der Waals surface area contributed by atoms with Crippen molar-refractivity contribution in [1.29, 1.82) is 0 Å². The van der Waals surface area contributed by atoms with Crippen LogP contribution in [0.25, 0.3) is 0 Å². The van der Waals surface area contributed by atoms with Crippen LogP contribution in [0.4, 0.5) is 0 Å². The number of benzene rings is 1. The zero-order chi connectivity index (χ0) is 15.8. The zero-order valence-electron chi connectivity index (χ0n) is 13.3. The number of thiocarbonyl (C=S) groups is 1. The van der Waals surface area contributed by atoms with Gasteiger partial charge in [0.25, 0.3) is 0 Å². The van der Waals surface area contributed by atoms with Crippen molar-refractivity contribution in [2.75, 3.05) is 0 Å². The lowest BCUT2D eigenvalue weighted by Gasteiger charge is -2.23. The maximum absolute atomic E-state index is 5.66. The fourth-order valence-corrected chi connectivity index (χ4v) is 2.79. The second-order valence-electron chi connectivity index (χ2n) is 5.92. The van der Waals surface area contributed by atoms with Gasteiger partial charge in [-0.25, -0.2) is 0 Å². The van der Waals surface area contributed by atoms with Crippen LogP contribution >= 0.6 is 12.2 Å². The lowest BCUT2D eigenvalue weighted by atomic mass is 9.96. The summed E-state index contributed by atoms with van der Waals surface area (Å²) in [4.78, 5) is 0. The summed E-state index contributed by atoms with van der Waals surface area (Å²) in [7, 11) is 0. The molecular formula is C17H25N3OS. The van der Waals surface area contributed by atoms with Crippen LogP contribution in [0.15, 0.2) is 29.4 Å². The molecule has 2 N–H and O–H groups in total. The molecule has 2 rings (SSSR count). The summed E-state index contributed by atoms with van der Waals surface area (Å²) in [6.07, 6.45) is 8.21. The van der Waals surface area contributed by atoms with Gasteiger partial charge in [-0.05, 0) is 56.6 Å². The minimum atomic E-state index is 0.164. The molecule has 0 heterocycles. The van der Waals surface area contributed by atoms with E-state index < -0.39 is 0 Å². The Morgan fingerprint density at radius 3 is 2.82 bits per heavy atom. The van der Waals surface area contributed by atoms with Crippen LogP contribution in [-0.2, 0) is 0 Å². The van der Waals surface area contributed by atoms with E-state index in [1.54, 1.807) is 6.21 Å². The highest BCUT2D eigenvalue weighted by molar-refractivity contribution is 7.80. The molecule has 1 aromatic rings. The molecule has 0 amide bonds. The van der Waals surface area contributed by atoms with Crippen LogP contribution in [0.2, 0.25) is 0 Å². The van der Waals surface area contributed by atoms with E-state index in [-0.39, 0.29) is 6.10 Å². The number of hydrazone groups is 1. The van der Waals surface area contributed by atoms with E-state index in [4.69, 9.17) is 17.0 Å². The molecule has 0 aliphatic heterocycles. The Balaban J connectivity index is 1.80. The molecule has 5 heteroatoms. The second-order valence-corrected chi connectivity index (χ2v) is 6.33. The van der Waals surface area contributed by atoms with Crippen molar-refractivity contribution in [2.45, 2.75) is 58.1 Å². The maximum atomic E-state index is 5.66. The normalized spacial score (nSPS) is 16.0. The van der Waals surface area contributed by atoms with Gasteiger partial charge in [-0.1, -0.05) is 31.4 Å². The first-order valence-corrected chi connectivity index (χ1v) is 8.40. The topological polar surface area (TPSA) is 45.6 Å². The summed E-state index contributed by atoms with van der Waals surface area (Å²) in [5.74, 6) is 0.849. The van der Waals surface area contributed by atoms with Crippen LogP contribution in [-0.4, -0.2) is 23.5 Å². The molecule has 0 unspecified atom stereocenters. The molecule has 22 heavy (non-hydrogen) atoms. The second kappa shape index (κ2) is 8.73. The monoisotopic (exact) mass is 319 g/mol. The van der Waals surface area contributed by atoms with E-state index in [0.29, 0.717) is 11.2 Å². The molecular weight excluding hydrogens is 294 g/mol. The molecule has 0 spiro atoms. The Hall–Kier alpha value is -1.62. The minimum absolute atomic E-state index is 0.164. The third-order valence-electron chi connectivity index (χ3n) is 3.55. The molecule has 0 radical (unpaired) electrons. The molecule has 120 valence electrons. The zero-order valence-corrected chi connectivity index (χ0v) is 14.2. The highest BCUT2D eigenvalue weighted by Gasteiger charge is 2.13. The predicted octanol–water partition coefficient (Wildman–Crippen LogP) is 3.60. The van der Waals surface area contributed by atoms with Gasteiger partial charge in [-0.2, -0.15) is 5.10 Å². The Labute approximate surface area is 138 Å². The number of ether oxygens (including phenoxy) is 1. The Kier molecular flexibility index (Phi) is 6.65. The van der Waals surface area contributed by atoms with Crippen LogP contribution in [0, 0.1) is 0 Å². The van der Waals surface area contributed by atoms with Gasteiger partial charge in [-0.3, -0.25) is 5.43 Å². The molecule has 4 nitrogen and oxygen atoms in total. The first-order valence-electron chi connectivity index (χ1n) is 8.00. The van der Waals surface area contributed by atoms with Gasteiger partial charge in [0.15, 0.2) is 5.11 Å². The first-order chi connectivity index (χ1) is 10.6. The fourth-order valence-electron chi connectivity index (χ4n) is 2.57. The van der Waals surface area contributed by atoms with E-state index in [1.807, 2.05) is 38.1 Å². The van der Waals surface area contributed by atoms with Crippen molar-refractivity contribution < 1.29 is 4.74 Å². The van der Waals surface area contributed by atoms with Crippen LogP contribution in [0.5, 0.6) is 5.75 Å². The molecule has 1 fully saturated rings. The average molecular weight is 319 g/mol. The molecule has 1 saturated carbocycles. The van der Waals surface area contributed by atoms with Crippen molar-refractivity contribution in [1.82, 2.24) is 10.7 Å². The Bertz CT molecular complexity index is 510. The maximum Gasteiger partial charge on any atom is 0.187 e. The summed E-state index contributed by atoms with van der Waals surface area (Å²) >= 11 is 5.27. The quantitative estimate of drug-likeness (QED) is 0.494. The van der Waals surface area contributed by atoms with Gasteiger partial charge < -0.3 is 10.1 Å². The Morgan fingerprint density at radius 1 is 1.32 bits per heavy atom. The number of rotatable bonds is 5.